The van der Waals surface area contributed by atoms with Crippen LogP contribution in [0.2, 0.25) is 19.6 Å². The number of ether oxygens (including phenoxy) is 1. The molecule has 1 saturated heterocycles. The summed E-state index contributed by atoms with van der Waals surface area (Å²) in [4.78, 5) is 13.8. The first kappa shape index (κ1) is 12.6. The third-order valence-corrected chi connectivity index (χ3v) is 5.60. The second-order valence-corrected chi connectivity index (χ2v) is 10.7. The van der Waals surface area contributed by atoms with Gasteiger partial charge in [-0.1, -0.05) is 19.6 Å². The van der Waals surface area contributed by atoms with E-state index in [2.05, 4.69) is 19.6 Å². The van der Waals surface area contributed by atoms with Gasteiger partial charge in [0, 0.05) is 12.2 Å². The highest BCUT2D eigenvalue weighted by atomic mass is 28.3. The molecule has 1 atom stereocenters. The molecule has 15 heavy (non-hydrogen) atoms. The third-order valence-electron chi connectivity index (χ3n) is 3.00. The van der Waals surface area contributed by atoms with Gasteiger partial charge in [-0.15, -0.1) is 0 Å². The van der Waals surface area contributed by atoms with E-state index in [1.165, 1.54) is 6.42 Å². The Morgan fingerprint density at radius 3 is 2.60 bits per heavy atom. The van der Waals surface area contributed by atoms with Crippen LogP contribution in [0.25, 0.3) is 0 Å². The van der Waals surface area contributed by atoms with Crippen LogP contribution in [0.4, 0.5) is 4.79 Å². The van der Waals surface area contributed by atoms with Gasteiger partial charge in [0.25, 0.3) is 0 Å². The SMILES string of the molecule is CCOC(=O)N1CCCCC1[Si](C)(C)C. The summed E-state index contributed by atoms with van der Waals surface area (Å²) >= 11 is 0. The van der Waals surface area contributed by atoms with E-state index in [-0.39, 0.29) is 6.09 Å². The first-order valence-electron chi connectivity index (χ1n) is 5.90. The Hall–Kier alpha value is -0.513. The second kappa shape index (κ2) is 5.01. The molecule has 1 amide bonds. The zero-order valence-corrected chi connectivity index (χ0v) is 11.4. The third kappa shape index (κ3) is 3.23. The Kier molecular flexibility index (Phi) is 4.19. The minimum Gasteiger partial charge on any atom is -0.450 e. The van der Waals surface area contributed by atoms with Crippen LogP contribution in [0.3, 0.4) is 0 Å². The van der Waals surface area contributed by atoms with Gasteiger partial charge < -0.3 is 9.64 Å². The van der Waals surface area contributed by atoms with Crippen LogP contribution in [-0.4, -0.2) is 37.9 Å². The minimum absolute atomic E-state index is 0.107. The van der Waals surface area contributed by atoms with Gasteiger partial charge in [-0.3, -0.25) is 0 Å². The molecule has 0 aliphatic carbocycles. The Morgan fingerprint density at radius 2 is 2.07 bits per heavy atom. The lowest BCUT2D eigenvalue weighted by atomic mass is 10.1. The van der Waals surface area contributed by atoms with Gasteiger partial charge in [0.1, 0.15) is 0 Å². The number of rotatable bonds is 2. The van der Waals surface area contributed by atoms with E-state index in [0.717, 1.165) is 19.4 Å². The number of amides is 1. The molecule has 1 heterocycles. The number of piperidine rings is 1. The highest BCUT2D eigenvalue weighted by molar-refractivity contribution is 6.77. The predicted octanol–water partition coefficient (Wildman–Crippen LogP) is 2.87. The van der Waals surface area contributed by atoms with E-state index in [4.69, 9.17) is 4.74 Å². The van der Waals surface area contributed by atoms with E-state index in [9.17, 15) is 4.79 Å². The summed E-state index contributed by atoms with van der Waals surface area (Å²) in [7, 11) is -1.29. The first-order chi connectivity index (χ1) is 6.96. The van der Waals surface area contributed by atoms with Crippen LogP contribution in [0, 0.1) is 0 Å². The molecule has 3 nitrogen and oxygen atoms in total. The summed E-state index contributed by atoms with van der Waals surface area (Å²) in [6, 6.07) is 0. The van der Waals surface area contributed by atoms with E-state index >= 15 is 0 Å². The zero-order valence-electron chi connectivity index (χ0n) is 10.4. The average molecular weight is 229 g/mol. The summed E-state index contributed by atoms with van der Waals surface area (Å²) in [5.41, 5.74) is 0.463. The maximum atomic E-state index is 11.8. The van der Waals surface area contributed by atoms with Gasteiger partial charge in [-0.05, 0) is 26.2 Å². The van der Waals surface area contributed by atoms with Gasteiger partial charge in [0.05, 0.1) is 14.7 Å². The maximum Gasteiger partial charge on any atom is 0.409 e. The maximum absolute atomic E-state index is 11.8. The van der Waals surface area contributed by atoms with Gasteiger partial charge >= 0.3 is 6.09 Å². The topological polar surface area (TPSA) is 29.5 Å². The van der Waals surface area contributed by atoms with E-state index < -0.39 is 8.07 Å². The fraction of sp³-hybridized carbons (Fsp3) is 0.909. The molecule has 0 bridgehead atoms. The fourth-order valence-corrected chi connectivity index (χ4v) is 4.50. The molecule has 0 radical (unpaired) electrons. The molecule has 0 aromatic heterocycles. The van der Waals surface area contributed by atoms with Gasteiger partial charge in [0.2, 0.25) is 0 Å². The molecule has 1 unspecified atom stereocenters. The molecule has 0 N–H and O–H groups in total. The Bertz CT molecular complexity index is 225. The number of carbonyl (C=O) groups is 1. The Labute approximate surface area is 93.8 Å². The number of carbonyl (C=O) groups excluding carboxylic acids is 1. The summed E-state index contributed by atoms with van der Waals surface area (Å²) in [6.45, 7) is 10.2. The quantitative estimate of drug-likeness (QED) is 0.681. The first-order valence-corrected chi connectivity index (χ1v) is 9.48. The number of nitrogens with zero attached hydrogens (tertiary/aromatic N) is 1. The molecule has 1 fully saturated rings. The normalized spacial score (nSPS) is 22.7. The monoisotopic (exact) mass is 229 g/mol. The molecular formula is C11H23NO2Si. The average Bonchev–Trinajstić information content (AvgIpc) is 2.17. The summed E-state index contributed by atoms with van der Waals surface area (Å²) in [5, 5.41) is 0. The molecule has 0 aromatic rings. The van der Waals surface area contributed by atoms with Crippen molar-refractivity contribution < 1.29 is 9.53 Å². The van der Waals surface area contributed by atoms with Crippen LogP contribution >= 0.6 is 0 Å². The minimum atomic E-state index is -1.29. The summed E-state index contributed by atoms with van der Waals surface area (Å²) in [5.74, 6) is 0. The smallest absolute Gasteiger partial charge is 0.409 e. The molecule has 4 heteroatoms. The lowest BCUT2D eigenvalue weighted by molar-refractivity contribution is 0.0908. The predicted molar refractivity (Wildman–Crippen MR) is 64.7 cm³/mol. The van der Waals surface area contributed by atoms with Crippen molar-refractivity contribution in [3.8, 4) is 0 Å². The lowest BCUT2D eigenvalue weighted by Crippen LogP contribution is -2.55. The van der Waals surface area contributed by atoms with Gasteiger partial charge in [0.15, 0.2) is 0 Å². The van der Waals surface area contributed by atoms with Gasteiger partial charge in [-0.2, -0.15) is 0 Å². The summed E-state index contributed by atoms with van der Waals surface area (Å²) < 4.78 is 5.12. The molecular weight excluding hydrogens is 206 g/mol. The molecule has 1 aliphatic heterocycles. The van der Waals surface area contributed by atoms with Crippen molar-refractivity contribution in [3.63, 3.8) is 0 Å². The summed E-state index contributed by atoms with van der Waals surface area (Å²) in [6.07, 6.45) is 3.43. The molecule has 88 valence electrons. The van der Waals surface area contributed by atoms with Crippen molar-refractivity contribution in [3.05, 3.63) is 0 Å². The van der Waals surface area contributed by atoms with Crippen molar-refractivity contribution in [1.82, 2.24) is 4.90 Å². The van der Waals surface area contributed by atoms with Crippen molar-refractivity contribution >= 4 is 14.2 Å². The second-order valence-electron chi connectivity index (χ2n) is 5.27. The molecule has 1 rings (SSSR count). The Balaban J connectivity index is 2.70. The van der Waals surface area contributed by atoms with Crippen molar-refractivity contribution in [2.75, 3.05) is 13.2 Å². The zero-order chi connectivity index (χ0) is 11.5. The fourth-order valence-electron chi connectivity index (χ4n) is 2.26. The van der Waals surface area contributed by atoms with Crippen LogP contribution < -0.4 is 0 Å². The van der Waals surface area contributed by atoms with E-state index in [1.54, 1.807) is 0 Å². The Morgan fingerprint density at radius 1 is 1.40 bits per heavy atom. The van der Waals surface area contributed by atoms with E-state index in [0.29, 0.717) is 12.3 Å². The largest absolute Gasteiger partial charge is 0.450 e. The van der Waals surface area contributed by atoms with Crippen molar-refractivity contribution in [2.24, 2.45) is 0 Å². The van der Waals surface area contributed by atoms with Crippen LogP contribution in [0.5, 0.6) is 0 Å². The molecule has 0 aromatic carbocycles. The van der Waals surface area contributed by atoms with Gasteiger partial charge in [-0.25, -0.2) is 4.79 Å². The lowest BCUT2D eigenvalue weighted by Gasteiger charge is -2.41. The van der Waals surface area contributed by atoms with Crippen LogP contribution in [0.1, 0.15) is 26.2 Å². The molecule has 0 saturated carbocycles. The van der Waals surface area contributed by atoms with E-state index in [1.807, 2.05) is 11.8 Å². The van der Waals surface area contributed by atoms with Crippen LogP contribution in [-0.2, 0) is 4.74 Å². The highest BCUT2D eigenvalue weighted by Crippen LogP contribution is 2.25. The number of hydrogen-bond acceptors (Lipinski definition) is 2. The van der Waals surface area contributed by atoms with Crippen LogP contribution in [0.15, 0.2) is 0 Å². The van der Waals surface area contributed by atoms with Crippen molar-refractivity contribution in [2.45, 2.75) is 51.5 Å². The number of hydrogen-bond donors (Lipinski definition) is 0. The van der Waals surface area contributed by atoms with Crippen molar-refractivity contribution in [1.29, 1.82) is 0 Å². The molecule has 0 spiro atoms. The standard InChI is InChI=1S/C11H23NO2Si/c1-5-14-11(13)12-9-7-6-8-10(12)15(2,3)4/h10H,5-9H2,1-4H3. The highest BCUT2D eigenvalue weighted by Gasteiger charge is 2.36. The molecule has 1 aliphatic rings. The number of likely N-dealkylation sites (tertiary alicyclic amines) is 1.